The van der Waals surface area contributed by atoms with Crippen LogP contribution in [0, 0.1) is 6.92 Å². The zero-order chi connectivity index (χ0) is 14.6. The summed E-state index contributed by atoms with van der Waals surface area (Å²) in [6.45, 7) is 10.8. The molecule has 0 spiro atoms. The smallest absolute Gasteiger partial charge is 0.410 e. The third-order valence-corrected chi connectivity index (χ3v) is 3.20. The Morgan fingerprint density at radius 2 is 2.00 bits per heavy atom. The molecule has 0 aliphatic heterocycles. The van der Waals surface area contributed by atoms with Gasteiger partial charge in [-0.3, -0.25) is 0 Å². The van der Waals surface area contributed by atoms with Crippen LogP contribution in [0.2, 0.25) is 0 Å². The fourth-order valence-electron chi connectivity index (χ4n) is 1.65. The second kappa shape index (κ2) is 6.42. The van der Waals surface area contributed by atoms with Crippen molar-refractivity contribution < 1.29 is 9.53 Å². The summed E-state index contributed by atoms with van der Waals surface area (Å²) >= 11 is 3.46. The summed E-state index contributed by atoms with van der Waals surface area (Å²) in [5, 5.41) is 0. The topological polar surface area (TPSA) is 29.5 Å². The largest absolute Gasteiger partial charge is 0.444 e. The first-order valence-corrected chi connectivity index (χ1v) is 7.25. The maximum Gasteiger partial charge on any atom is 0.410 e. The van der Waals surface area contributed by atoms with Crippen molar-refractivity contribution in [2.45, 2.75) is 46.8 Å². The first-order valence-electron chi connectivity index (χ1n) is 6.46. The molecule has 1 rings (SSSR count). The minimum Gasteiger partial charge on any atom is -0.444 e. The highest BCUT2D eigenvalue weighted by molar-refractivity contribution is 9.10. The Balaban J connectivity index is 2.82. The number of carbonyl (C=O) groups is 1. The molecule has 0 aromatic heterocycles. The van der Waals surface area contributed by atoms with E-state index in [1.54, 1.807) is 4.90 Å². The molecule has 1 amide bonds. The molecular weight excluding hydrogens is 306 g/mol. The van der Waals surface area contributed by atoms with Gasteiger partial charge in [0.05, 0.1) is 0 Å². The normalized spacial score (nSPS) is 11.3. The Bertz CT molecular complexity index is 452. The van der Waals surface area contributed by atoms with Crippen LogP contribution in [-0.4, -0.2) is 23.1 Å². The van der Waals surface area contributed by atoms with Gasteiger partial charge in [-0.1, -0.05) is 22.0 Å². The van der Waals surface area contributed by atoms with E-state index in [1.165, 1.54) is 5.56 Å². The number of nitrogens with zero attached hydrogens (tertiary/aromatic N) is 1. The number of aryl methyl sites for hydroxylation is 1. The highest BCUT2D eigenvalue weighted by Gasteiger charge is 2.21. The van der Waals surface area contributed by atoms with Gasteiger partial charge in [-0.05, 0) is 57.9 Å². The van der Waals surface area contributed by atoms with Gasteiger partial charge in [0, 0.05) is 17.6 Å². The number of benzene rings is 1. The molecule has 0 atom stereocenters. The summed E-state index contributed by atoms with van der Waals surface area (Å²) in [6.07, 6.45) is -0.269. The van der Waals surface area contributed by atoms with E-state index in [0.29, 0.717) is 13.1 Å². The average molecular weight is 328 g/mol. The highest BCUT2D eigenvalue weighted by atomic mass is 79.9. The van der Waals surface area contributed by atoms with Crippen molar-refractivity contribution in [2.75, 3.05) is 6.54 Å². The molecule has 0 aliphatic carbocycles. The van der Waals surface area contributed by atoms with Gasteiger partial charge in [-0.15, -0.1) is 0 Å². The van der Waals surface area contributed by atoms with Gasteiger partial charge in [0.15, 0.2) is 0 Å². The maximum atomic E-state index is 12.1. The summed E-state index contributed by atoms with van der Waals surface area (Å²) < 4.78 is 6.43. The van der Waals surface area contributed by atoms with E-state index in [9.17, 15) is 4.79 Å². The molecule has 1 aromatic rings. The molecule has 0 bridgehead atoms. The van der Waals surface area contributed by atoms with Crippen LogP contribution in [0.15, 0.2) is 22.7 Å². The second-order valence-corrected chi connectivity index (χ2v) is 6.48. The van der Waals surface area contributed by atoms with Crippen molar-refractivity contribution in [3.63, 3.8) is 0 Å². The van der Waals surface area contributed by atoms with Crippen molar-refractivity contribution in [1.82, 2.24) is 4.90 Å². The molecule has 1 aromatic carbocycles. The summed E-state index contributed by atoms with van der Waals surface area (Å²) in [7, 11) is 0. The van der Waals surface area contributed by atoms with Crippen LogP contribution in [0.4, 0.5) is 4.79 Å². The third-order valence-electron chi connectivity index (χ3n) is 2.71. The summed E-state index contributed by atoms with van der Waals surface area (Å²) in [6, 6.07) is 6.09. The van der Waals surface area contributed by atoms with E-state index in [4.69, 9.17) is 4.74 Å². The summed E-state index contributed by atoms with van der Waals surface area (Å²) in [4.78, 5) is 13.8. The standard InChI is InChI=1S/C15H22BrNO2/c1-6-17(14(18)19-15(3,4)5)10-12-9-13(16)8-7-11(12)2/h7-9H,6,10H2,1-5H3. The van der Waals surface area contributed by atoms with E-state index >= 15 is 0 Å². The van der Waals surface area contributed by atoms with Crippen molar-refractivity contribution in [3.05, 3.63) is 33.8 Å². The Morgan fingerprint density at radius 1 is 1.37 bits per heavy atom. The predicted octanol–water partition coefficient (Wildman–Crippen LogP) is 4.51. The monoisotopic (exact) mass is 327 g/mol. The van der Waals surface area contributed by atoms with Gasteiger partial charge >= 0.3 is 6.09 Å². The van der Waals surface area contributed by atoms with Gasteiger partial charge in [0.2, 0.25) is 0 Å². The molecule has 0 saturated heterocycles. The molecule has 0 saturated carbocycles. The number of hydrogen-bond donors (Lipinski definition) is 0. The SMILES string of the molecule is CCN(Cc1cc(Br)ccc1C)C(=O)OC(C)(C)C. The van der Waals surface area contributed by atoms with Crippen LogP contribution in [0.3, 0.4) is 0 Å². The van der Waals surface area contributed by atoms with Gasteiger partial charge in [0.1, 0.15) is 5.60 Å². The molecule has 0 radical (unpaired) electrons. The van der Waals surface area contributed by atoms with Crippen molar-refractivity contribution in [3.8, 4) is 0 Å². The van der Waals surface area contributed by atoms with Crippen LogP contribution in [0.25, 0.3) is 0 Å². The quantitative estimate of drug-likeness (QED) is 0.817. The lowest BCUT2D eigenvalue weighted by atomic mass is 10.1. The average Bonchev–Trinajstić information content (AvgIpc) is 2.27. The molecule has 106 valence electrons. The molecule has 0 fully saturated rings. The number of ether oxygens (including phenoxy) is 1. The van der Waals surface area contributed by atoms with Crippen molar-refractivity contribution in [2.24, 2.45) is 0 Å². The fourth-order valence-corrected chi connectivity index (χ4v) is 2.06. The lowest BCUT2D eigenvalue weighted by molar-refractivity contribution is 0.0244. The number of rotatable bonds is 3. The van der Waals surface area contributed by atoms with Crippen LogP contribution in [0.1, 0.15) is 38.8 Å². The van der Waals surface area contributed by atoms with Gasteiger partial charge < -0.3 is 9.64 Å². The third kappa shape index (κ3) is 5.23. The van der Waals surface area contributed by atoms with Crippen LogP contribution in [0.5, 0.6) is 0 Å². The number of amides is 1. The van der Waals surface area contributed by atoms with E-state index in [-0.39, 0.29) is 6.09 Å². The maximum absolute atomic E-state index is 12.1. The van der Waals surface area contributed by atoms with Crippen LogP contribution < -0.4 is 0 Å². The van der Waals surface area contributed by atoms with E-state index in [0.717, 1.165) is 10.0 Å². The Morgan fingerprint density at radius 3 is 2.53 bits per heavy atom. The number of hydrogen-bond acceptors (Lipinski definition) is 2. The summed E-state index contributed by atoms with van der Waals surface area (Å²) in [5.41, 5.74) is 1.84. The number of carbonyl (C=O) groups excluding carboxylic acids is 1. The first kappa shape index (κ1) is 16.0. The lowest BCUT2D eigenvalue weighted by Crippen LogP contribution is -2.36. The first-order chi connectivity index (χ1) is 8.73. The van der Waals surface area contributed by atoms with Crippen molar-refractivity contribution in [1.29, 1.82) is 0 Å². The molecule has 0 unspecified atom stereocenters. The van der Waals surface area contributed by atoms with E-state index in [1.807, 2.05) is 52.8 Å². The molecule has 4 heteroatoms. The zero-order valence-corrected chi connectivity index (χ0v) is 13.9. The predicted molar refractivity (Wildman–Crippen MR) is 81.2 cm³/mol. The molecule has 0 heterocycles. The van der Waals surface area contributed by atoms with Crippen molar-refractivity contribution >= 4 is 22.0 Å². The zero-order valence-electron chi connectivity index (χ0n) is 12.3. The highest BCUT2D eigenvalue weighted by Crippen LogP contribution is 2.19. The van der Waals surface area contributed by atoms with Crippen LogP contribution in [-0.2, 0) is 11.3 Å². The molecule has 19 heavy (non-hydrogen) atoms. The number of halogens is 1. The molecule has 0 N–H and O–H groups in total. The summed E-state index contributed by atoms with van der Waals surface area (Å²) in [5.74, 6) is 0. The van der Waals surface area contributed by atoms with Gasteiger partial charge in [-0.2, -0.15) is 0 Å². The molecular formula is C15H22BrNO2. The van der Waals surface area contributed by atoms with Crippen LogP contribution >= 0.6 is 15.9 Å². The second-order valence-electron chi connectivity index (χ2n) is 5.57. The molecule has 0 aliphatic rings. The molecule has 3 nitrogen and oxygen atoms in total. The van der Waals surface area contributed by atoms with E-state index < -0.39 is 5.60 Å². The Kier molecular flexibility index (Phi) is 5.41. The Labute approximate surface area is 124 Å². The Hall–Kier alpha value is -1.03. The van der Waals surface area contributed by atoms with Gasteiger partial charge in [-0.25, -0.2) is 4.79 Å². The lowest BCUT2D eigenvalue weighted by Gasteiger charge is -2.27. The van der Waals surface area contributed by atoms with Gasteiger partial charge in [0.25, 0.3) is 0 Å². The minimum absolute atomic E-state index is 0.269. The van der Waals surface area contributed by atoms with E-state index in [2.05, 4.69) is 15.9 Å². The minimum atomic E-state index is -0.461. The fraction of sp³-hybridized carbons (Fsp3) is 0.533.